The maximum atomic E-state index is 12.8. The third-order valence-corrected chi connectivity index (χ3v) is 2.85. The summed E-state index contributed by atoms with van der Waals surface area (Å²) in [5.74, 6) is -0.431. The van der Waals surface area contributed by atoms with E-state index in [-0.39, 0.29) is 18.3 Å². The average Bonchev–Trinajstić information content (AvgIpc) is 2.48. The number of carbonyl (C=O) groups is 1. The molecule has 0 unspecified atom stereocenters. The summed E-state index contributed by atoms with van der Waals surface area (Å²) in [6.45, 7) is 0.639. The third kappa shape index (κ3) is 4.89. The lowest BCUT2D eigenvalue weighted by Crippen LogP contribution is -2.16. The molecule has 0 aliphatic carbocycles. The zero-order valence-corrected chi connectivity index (χ0v) is 11.7. The molecule has 2 rings (SSSR count). The molecule has 0 heterocycles. The Bertz CT molecular complexity index is 582. The fourth-order valence-corrected chi connectivity index (χ4v) is 1.81. The topological polar surface area (TPSA) is 50.4 Å². The predicted molar refractivity (Wildman–Crippen MR) is 80.7 cm³/mol. The Labute approximate surface area is 122 Å². The van der Waals surface area contributed by atoms with Gasteiger partial charge in [-0.25, -0.2) is 4.39 Å². The van der Waals surface area contributed by atoms with Crippen molar-refractivity contribution < 1.29 is 13.9 Å². The molecule has 4 nitrogen and oxygen atoms in total. The van der Waals surface area contributed by atoms with Crippen molar-refractivity contribution in [3.05, 3.63) is 59.9 Å². The Morgan fingerprint density at radius 2 is 1.67 bits per heavy atom. The van der Waals surface area contributed by atoms with Crippen LogP contribution in [0.2, 0.25) is 0 Å². The van der Waals surface area contributed by atoms with E-state index in [1.54, 1.807) is 24.3 Å². The molecule has 0 saturated heterocycles. The molecule has 0 atom stereocenters. The van der Waals surface area contributed by atoms with Crippen molar-refractivity contribution in [2.24, 2.45) is 0 Å². The first-order valence-corrected chi connectivity index (χ1v) is 6.54. The van der Waals surface area contributed by atoms with Gasteiger partial charge >= 0.3 is 0 Å². The Hall–Kier alpha value is -2.40. The Morgan fingerprint density at radius 1 is 1.05 bits per heavy atom. The van der Waals surface area contributed by atoms with E-state index >= 15 is 0 Å². The van der Waals surface area contributed by atoms with Crippen molar-refractivity contribution in [3.63, 3.8) is 0 Å². The van der Waals surface area contributed by atoms with Crippen molar-refractivity contribution in [1.82, 2.24) is 0 Å². The van der Waals surface area contributed by atoms with Gasteiger partial charge in [-0.3, -0.25) is 4.79 Å². The molecule has 110 valence electrons. The Kier molecular flexibility index (Phi) is 5.29. The second kappa shape index (κ2) is 7.40. The molecule has 2 N–H and O–H groups in total. The number of ether oxygens (including phenoxy) is 1. The first-order valence-electron chi connectivity index (χ1n) is 6.54. The van der Waals surface area contributed by atoms with Crippen LogP contribution in [-0.2, 0) is 16.1 Å². The monoisotopic (exact) mass is 288 g/mol. The maximum absolute atomic E-state index is 12.8. The summed E-state index contributed by atoms with van der Waals surface area (Å²) < 4.78 is 17.5. The minimum Gasteiger partial charge on any atom is -0.381 e. The number of anilines is 2. The maximum Gasteiger partial charge on any atom is 0.250 e. The van der Waals surface area contributed by atoms with Crippen LogP contribution in [0.15, 0.2) is 48.5 Å². The summed E-state index contributed by atoms with van der Waals surface area (Å²) in [6.07, 6.45) is 0. The lowest BCUT2D eigenvalue weighted by atomic mass is 10.2. The fraction of sp³-hybridized carbons (Fsp3) is 0.188. The van der Waals surface area contributed by atoms with Crippen LogP contribution in [0.25, 0.3) is 0 Å². The number of rotatable bonds is 6. The number of amides is 1. The van der Waals surface area contributed by atoms with Gasteiger partial charge in [0.25, 0.3) is 0 Å². The second-order valence-corrected chi connectivity index (χ2v) is 4.54. The van der Waals surface area contributed by atoms with Gasteiger partial charge in [-0.15, -0.1) is 0 Å². The van der Waals surface area contributed by atoms with Gasteiger partial charge in [0.05, 0.1) is 0 Å². The number of methoxy groups -OCH3 is 1. The summed E-state index contributed by atoms with van der Waals surface area (Å²) in [5.41, 5.74) is 2.63. The first kappa shape index (κ1) is 15.0. The molecular weight excluding hydrogens is 271 g/mol. The van der Waals surface area contributed by atoms with Crippen LogP contribution < -0.4 is 10.6 Å². The average molecular weight is 288 g/mol. The van der Waals surface area contributed by atoms with Crippen LogP contribution in [0.1, 0.15) is 5.56 Å². The smallest absolute Gasteiger partial charge is 0.250 e. The Balaban J connectivity index is 1.87. The van der Waals surface area contributed by atoms with Gasteiger partial charge in [-0.05, 0) is 42.0 Å². The zero-order valence-electron chi connectivity index (χ0n) is 11.7. The molecule has 0 aliphatic rings. The van der Waals surface area contributed by atoms with Crippen LogP contribution >= 0.6 is 0 Å². The molecule has 2 aromatic carbocycles. The highest BCUT2D eigenvalue weighted by Gasteiger charge is 2.01. The highest BCUT2D eigenvalue weighted by atomic mass is 19.1. The molecule has 0 aliphatic heterocycles. The summed E-state index contributed by atoms with van der Waals surface area (Å²) in [6, 6.07) is 13.7. The van der Waals surface area contributed by atoms with Crippen molar-refractivity contribution in [2.45, 2.75) is 6.54 Å². The molecule has 21 heavy (non-hydrogen) atoms. The number of hydrogen-bond acceptors (Lipinski definition) is 3. The predicted octanol–water partition coefficient (Wildman–Crippen LogP) is 3.02. The van der Waals surface area contributed by atoms with Crippen molar-refractivity contribution >= 4 is 17.3 Å². The quantitative estimate of drug-likeness (QED) is 0.859. The third-order valence-electron chi connectivity index (χ3n) is 2.85. The van der Waals surface area contributed by atoms with Gasteiger partial charge < -0.3 is 15.4 Å². The zero-order chi connectivity index (χ0) is 15.1. The van der Waals surface area contributed by atoms with E-state index in [9.17, 15) is 9.18 Å². The fourth-order valence-electron chi connectivity index (χ4n) is 1.81. The normalized spacial score (nSPS) is 10.2. The lowest BCUT2D eigenvalue weighted by molar-refractivity contribution is -0.119. The number of halogens is 1. The molecule has 1 amide bonds. The molecule has 0 spiro atoms. The number of benzene rings is 2. The van der Waals surface area contributed by atoms with Crippen molar-refractivity contribution in [2.75, 3.05) is 24.4 Å². The molecule has 0 saturated carbocycles. The summed E-state index contributed by atoms with van der Waals surface area (Å²) in [7, 11) is 1.47. The van der Waals surface area contributed by atoms with Crippen LogP contribution in [0.5, 0.6) is 0 Å². The molecule has 0 aromatic heterocycles. The van der Waals surface area contributed by atoms with Crippen molar-refractivity contribution in [1.29, 1.82) is 0 Å². The van der Waals surface area contributed by atoms with Crippen LogP contribution in [-0.4, -0.2) is 19.6 Å². The van der Waals surface area contributed by atoms with Gasteiger partial charge in [0.15, 0.2) is 0 Å². The summed E-state index contributed by atoms with van der Waals surface area (Å²) >= 11 is 0. The SMILES string of the molecule is COCC(=O)Nc1ccc(NCc2ccc(F)cc2)cc1. The highest BCUT2D eigenvalue weighted by molar-refractivity contribution is 5.91. The minimum atomic E-state index is -0.241. The van der Waals surface area contributed by atoms with Gasteiger partial charge in [0, 0.05) is 25.0 Å². The van der Waals surface area contributed by atoms with E-state index < -0.39 is 0 Å². The van der Waals surface area contributed by atoms with Gasteiger partial charge in [0.2, 0.25) is 5.91 Å². The second-order valence-electron chi connectivity index (χ2n) is 4.54. The van der Waals surface area contributed by atoms with E-state index in [1.807, 2.05) is 12.1 Å². The number of hydrogen-bond donors (Lipinski definition) is 2. The summed E-state index contributed by atoms with van der Waals surface area (Å²) in [4.78, 5) is 11.4. The lowest BCUT2D eigenvalue weighted by Gasteiger charge is -2.08. The van der Waals surface area contributed by atoms with Crippen LogP contribution in [0, 0.1) is 5.82 Å². The van der Waals surface area contributed by atoms with E-state index in [2.05, 4.69) is 10.6 Å². The molecule has 5 heteroatoms. The van der Waals surface area contributed by atoms with Gasteiger partial charge in [-0.1, -0.05) is 12.1 Å². The number of nitrogens with one attached hydrogen (secondary N) is 2. The van der Waals surface area contributed by atoms with Crippen molar-refractivity contribution in [3.8, 4) is 0 Å². The molecule has 0 fully saturated rings. The largest absolute Gasteiger partial charge is 0.381 e. The van der Waals surface area contributed by atoms with E-state index in [4.69, 9.17) is 4.74 Å². The van der Waals surface area contributed by atoms with Gasteiger partial charge in [0.1, 0.15) is 12.4 Å². The minimum absolute atomic E-state index is 0.0323. The van der Waals surface area contributed by atoms with Crippen LogP contribution in [0.3, 0.4) is 0 Å². The van der Waals surface area contributed by atoms with Gasteiger partial charge in [-0.2, -0.15) is 0 Å². The molecule has 2 aromatic rings. The Morgan fingerprint density at radius 3 is 2.29 bits per heavy atom. The van der Waals surface area contributed by atoms with E-state index in [0.29, 0.717) is 12.2 Å². The van der Waals surface area contributed by atoms with E-state index in [0.717, 1.165) is 11.3 Å². The standard InChI is InChI=1S/C16H17FN2O2/c1-21-11-16(20)19-15-8-6-14(7-9-15)18-10-12-2-4-13(17)5-3-12/h2-9,18H,10-11H2,1H3,(H,19,20). The van der Waals surface area contributed by atoms with Crippen LogP contribution in [0.4, 0.5) is 15.8 Å². The molecular formula is C16H17FN2O2. The first-order chi connectivity index (χ1) is 10.2. The summed E-state index contributed by atoms with van der Waals surface area (Å²) in [5, 5.41) is 5.94. The van der Waals surface area contributed by atoms with E-state index in [1.165, 1.54) is 19.2 Å². The number of carbonyl (C=O) groups excluding carboxylic acids is 1. The molecule has 0 radical (unpaired) electrons. The highest BCUT2D eigenvalue weighted by Crippen LogP contribution is 2.14. The molecule has 0 bridgehead atoms.